The molecule has 5 N–H and O–H groups in total. The van der Waals surface area contributed by atoms with Crippen LogP contribution in [0.2, 0.25) is 0 Å². The number of nitrogens with zero attached hydrogens (tertiary/aromatic N) is 2. The van der Waals surface area contributed by atoms with E-state index in [1.54, 1.807) is 48.5 Å². The molecular formula is C25H29N5O6S. The van der Waals surface area contributed by atoms with Gasteiger partial charge in [0.15, 0.2) is 5.69 Å². The van der Waals surface area contributed by atoms with Crippen LogP contribution in [0.1, 0.15) is 38.7 Å². The van der Waals surface area contributed by atoms with Crippen molar-refractivity contribution in [2.24, 2.45) is 5.73 Å². The van der Waals surface area contributed by atoms with Gasteiger partial charge in [0.25, 0.3) is 11.8 Å². The van der Waals surface area contributed by atoms with Crippen LogP contribution in [-0.2, 0) is 9.53 Å². The highest BCUT2D eigenvalue weighted by Gasteiger charge is 2.37. The van der Waals surface area contributed by atoms with E-state index >= 15 is 0 Å². The molecule has 0 spiro atoms. The summed E-state index contributed by atoms with van der Waals surface area (Å²) in [4.78, 5) is 40.8. The number of benzene rings is 2. The fraction of sp³-hybridized carbons (Fsp3) is 0.280. The number of primary amides is 1. The van der Waals surface area contributed by atoms with E-state index in [1.807, 2.05) is 6.92 Å². The Balaban J connectivity index is 2.23. The number of carbonyl (C=O) groups is 3. The van der Waals surface area contributed by atoms with Crippen molar-refractivity contribution < 1.29 is 28.6 Å². The standard InChI is InChI=1S/C25H29N5O6S/c1-4-36-18-8-6-5-7-17(18)30(25(33)22-19(26)20(23(27)31)29-37-22)21(24(32)28-13-14-34-2)15-9-11-16(35-3)12-10-15/h5-12,21H,4,13-14,26H2,1-3H3,(H2,27,31)(H,28,32). The molecule has 3 rings (SSSR count). The molecule has 0 aliphatic carbocycles. The van der Waals surface area contributed by atoms with Crippen LogP contribution in [0.25, 0.3) is 0 Å². The van der Waals surface area contributed by atoms with Gasteiger partial charge in [0.2, 0.25) is 5.91 Å². The summed E-state index contributed by atoms with van der Waals surface area (Å²) >= 11 is 0.727. The third-order valence-corrected chi connectivity index (χ3v) is 6.19. The Hall–Kier alpha value is -4.16. The van der Waals surface area contributed by atoms with Gasteiger partial charge in [-0.2, -0.15) is 4.37 Å². The fourth-order valence-electron chi connectivity index (χ4n) is 3.61. The van der Waals surface area contributed by atoms with E-state index in [2.05, 4.69) is 9.69 Å². The summed E-state index contributed by atoms with van der Waals surface area (Å²) in [5.41, 5.74) is 11.9. The third kappa shape index (κ3) is 6.16. The molecule has 12 heteroatoms. The molecule has 196 valence electrons. The van der Waals surface area contributed by atoms with Crippen molar-refractivity contribution >= 4 is 40.6 Å². The number of carbonyl (C=O) groups excluding carboxylic acids is 3. The van der Waals surface area contributed by atoms with Crippen LogP contribution in [0, 0.1) is 0 Å². The molecule has 0 aliphatic rings. The molecule has 11 nitrogen and oxygen atoms in total. The van der Waals surface area contributed by atoms with Gasteiger partial charge in [-0.1, -0.05) is 24.3 Å². The molecule has 3 amide bonds. The number of hydrogen-bond acceptors (Lipinski definition) is 9. The Bertz CT molecular complexity index is 1250. The topological polar surface area (TPSA) is 159 Å². The molecule has 0 saturated heterocycles. The first kappa shape index (κ1) is 27.4. The summed E-state index contributed by atoms with van der Waals surface area (Å²) in [5, 5.41) is 2.81. The number of aromatic nitrogens is 1. The maximum Gasteiger partial charge on any atom is 0.273 e. The van der Waals surface area contributed by atoms with Gasteiger partial charge < -0.3 is 31.0 Å². The minimum Gasteiger partial charge on any atom is -0.497 e. The smallest absolute Gasteiger partial charge is 0.273 e. The van der Waals surface area contributed by atoms with Gasteiger partial charge in [-0.3, -0.25) is 19.3 Å². The van der Waals surface area contributed by atoms with E-state index in [-0.39, 0.29) is 29.4 Å². The second-order valence-corrected chi connectivity index (χ2v) is 8.45. The summed E-state index contributed by atoms with van der Waals surface area (Å²) < 4.78 is 20.1. The van der Waals surface area contributed by atoms with Gasteiger partial charge in [0.05, 0.1) is 31.7 Å². The average Bonchev–Trinajstić information content (AvgIpc) is 3.29. The molecule has 2 aromatic carbocycles. The molecule has 1 atom stereocenters. The summed E-state index contributed by atoms with van der Waals surface area (Å²) in [6.07, 6.45) is 0. The highest BCUT2D eigenvalue weighted by atomic mass is 32.1. The highest BCUT2D eigenvalue weighted by Crippen LogP contribution is 2.38. The quantitative estimate of drug-likeness (QED) is 0.303. The van der Waals surface area contributed by atoms with E-state index in [0.29, 0.717) is 29.4 Å². The summed E-state index contributed by atoms with van der Waals surface area (Å²) in [7, 11) is 3.05. The van der Waals surface area contributed by atoms with E-state index < -0.39 is 23.8 Å². The number of amides is 3. The number of nitrogens with one attached hydrogen (secondary N) is 1. The van der Waals surface area contributed by atoms with Gasteiger partial charge in [-0.05, 0) is 48.3 Å². The fourth-order valence-corrected chi connectivity index (χ4v) is 4.36. The van der Waals surface area contributed by atoms with E-state index in [1.165, 1.54) is 19.1 Å². The van der Waals surface area contributed by atoms with Crippen LogP contribution in [-0.4, -0.2) is 56.1 Å². The van der Waals surface area contributed by atoms with Crippen LogP contribution in [0.15, 0.2) is 48.5 Å². The first-order valence-corrected chi connectivity index (χ1v) is 12.1. The third-order valence-electron chi connectivity index (χ3n) is 5.34. The predicted octanol–water partition coefficient (Wildman–Crippen LogP) is 2.38. The average molecular weight is 528 g/mol. The van der Waals surface area contributed by atoms with Crippen molar-refractivity contribution in [1.29, 1.82) is 0 Å². The lowest BCUT2D eigenvalue weighted by Gasteiger charge is -2.32. The maximum atomic E-state index is 14.1. The van der Waals surface area contributed by atoms with Gasteiger partial charge in [-0.25, -0.2) is 0 Å². The number of methoxy groups -OCH3 is 2. The lowest BCUT2D eigenvalue weighted by molar-refractivity contribution is -0.122. The number of para-hydroxylation sites is 2. The van der Waals surface area contributed by atoms with Crippen LogP contribution in [0.4, 0.5) is 11.4 Å². The highest BCUT2D eigenvalue weighted by molar-refractivity contribution is 7.09. The predicted molar refractivity (Wildman–Crippen MR) is 140 cm³/mol. The van der Waals surface area contributed by atoms with Crippen LogP contribution < -0.4 is 31.2 Å². The zero-order chi connectivity index (χ0) is 26.9. The normalized spacial score (nSPS) is 11.4. The Kier molecular flexibility index (Phi) is 9.41. The number of nitrogen functional groups attached to an aromatic ring is 1. The monoisotopic (exact) mass is 527 g/mol. The number of nitrogens with two attached hydrogens (primary N) is 2. The molecule has 0 aliphatic heterocycles. The Morgan fingerprint density at radius 2 is 1.81 bits per heavy atom. The van der Waals surface area contributed by atoms with Crippen molar-refractivity contribution in [2.45, 2.75) is 13.0 Å². The molecule has 1 aromatic heterocycles. The van der Waals surface area contributed by atoms with Gasteiger partial charge in [0, 0.05) is 13.7 Å². The van der Waals surface area contributed by atoms with Crippen molar-refractivity contribution in [3.63, 3.8) is 0 Å². The lowest BCUT2D eigenvalue weighted by Crippen LogP contribution is -2.45. The van der Waals surface area contributed by atoms with Gasteiger partial charge in [0.1, 0.15) is 22.4 Å². The Labute approximate surface area is 218 Å². The van der Waals surface area contributed by atoms with Crippen LogP contribution in [0.5, 0.6) is 11.5 Å². The zero-order valence-electron chi connectivity index (χ0n) is 20.7. The van der Waals surface area contributed by atoms with E-state index in [0.717, 1.165) is 11.5 Å². The summed E-state index contributed by atoms with van der Waals surface area (Å²) in [6.45, 7) is 2.61. The minimum atomic E-state index is -1.16. The molecule has 1 unspecified atom stereocenters. The van der Waals surface area contributed by atoms with Crippen molar-refractivity contribution in [3.8, 4) is 11.5 Å². The summed E-state index contributed by atoms with van der Waals surface area (Å²) in [6, 6.07) is 12.4. The lowest BCUT2D eigenvalue weighted by atomic mass is 10.0. The second kappa shape index (κ2) is 12.7. The second-order valence-electron chi connectivity index (χ2n) is 7.67. The maximum absolute atomic E-state index is 14.1. The molecule has 0 fully saturated rings. The van der Waals surface area contributed by atoms with Crippen molar-refractivity contribution in [2.75, 3.05) is 44.6 Å². The van der Waals surface area contributed by atoms with Crippen LogP contribution in [0.3, 0.4) is 0 Å². The Morgan fingerprint density at radius 3 is 2.41 bits per heavy atom. The van der Waals surface area contributed by atoms with Crippen LogP contribution >= 0.6 is 11.5 Å². The zero-order valence-corrected chi connectivity index (χ0v) is 21.5. The van der Waals surface area contributed by atoms with Crippen molar-refractivity contribution in [1.82, 2.24) is 9.69 Å². The SMILES string of the molecule is CCOc1ccccc1N(C(=O)c1snc(C(N)=O)c1N)C(C(=O)NCCOC)c1ccc(OC)cc1. The molecular weight excluding hydrogens is 498 g/mol. The number of anilines is 2. The molecule has 0 bridgehead atoms. The molecule has 3 aromatic rings. The minimum absolute atomic E-state index is 0.0386. The van der Waals surface area contributed by atoms with Crippen molar-refractivity contribution in [3.05, 3.63) is 64.7 Å². The first-order chi connectivity index (χ1) is 17.8. The molecule has 1 heterocycles. The number of hydrogen-bond donors (Lipinski definition) is 3. The molecule has 0 radical (unpaired) electrons. The van der Waals surface area contributed by atoms with Gasteiger partial charge >= 0.3 is 0 Å². The molecule has 0 saturated carbocycles. The molecule has 37 heavy (non-hydrogen) atoms. The van der Waals surface area contributed by atoms with E-state index in [4.69, 9.17) is 25.7 Å². The first-order valence-electron chi connectivity index (χ1n) is 11.3. The largest absolute Gasteiger partial charge is 0.497 e. The number of rotatable bonds is 12. The van der Waals surface area contributed by atoms with Gasteiger partial charge in [-0.15, -0.1) is 0 Å². The van der Waals surface area contributed by atoms with E-state index in [9.17, 15) is 14.4 Å². The summed E-state index contributed by atoms with van der Waals surface area (Å²) in [5.74, 6) is -1.04. The number of ether oxygens (including phenoxy) is 3. The Morgan fingerprint density at radius 1 is 1.11 bits per heavy atom.